The van der Waals surface area contributed by atoms with E-state index in [1.807, 2.05) is 39.8 Å². The van der Waals surface area contributed by atoms with Crippen molar-refractivity contribution >= 4 is 34.3 Å². The maximum atomic E-state index is 12.9. The number of furan rings is 1. The number of benzene rings is 1. The number of rotatable bonds is 5. The summed E-state index contributed by atoms with van der Waals surface area (Å²) in [4.78, 5) is 12.8. The van der Waals surface area contributed by atoms with E-state index in [4.69, 9.17) is 16.0 Å². The Morgan fingerprint density at radius 2 is 1.81 bits per heavy atom. The van der Waals surface area contributed by atoms with E-state index >= 15 is 0 Å². The van der Waals surface area contributed by atoms with E-state index in [1.54, 1.807) is 13.0 Å². The molecular formula is C24H31ClN2O4S. The fourth-order valence-electron chi connectivity index (χ4n) is 5.10. The Labute approximate surface area is 196 Å². The van der Waals surface area contributed by atoms with Crippen LogP contribution in [0.4, 0.5) is 10.5 Å². The molecule has 2 amide bonds. The third-order valence-electron chi connectivity index (χ3n) is 6.90. The molecule has 0 aliphatic heterocycles. The van der Waals surface area contributed by atoms with E-state index in [9.17, 15) is 14.1 Å². The lowest BCUT2D eigenvalue weighted by Gasteiger charge is -2.33. The average molecular weight is 479 g/mol. The highest BCUT2D eigenvalue weighted by atomic mass is 35.5. The van der Waals surface area contributed by atoms with Crippen LogP contribution in [0.5, 0.6) is 0 Å². The van der Waals surface area contributed by atoms with Crippen LogP contribution in [-0.4, -0.2) is 15.3 Å². The normalized spacial score (nSPS) is 25.2. The molecule has 4 rings (SSSR count). The lowest BCUT2D eigenvalue weighted by Crippen LogP contribution is -2.33. The van der Waals surface area contributed by atoms with Gasteiger partial charge in [-0.3, -0.25) is 0 Å². The van der Waals surface area contributed by atoms with Gasteiger partial charge < -0.3 is 14.8 Å². The Kier molecular flexibility index (Phi) is 6.20. The summed E-state index contributed by atoms with van der Waals surface area (Å²) < 4.78 is 21.3. The molecule has 1 heterocycles. The fourth-order valence-corrected chi connectivity index (χ4v) is 6.05. The number of anilines is 1. The predicted molar refractivity (Wildman–Crippen MR) is 127 cm³/mol. The molecular weight excluding hydrogens is 448 g/mol. The van der Waals surface area contributed by atoms with Gasteiger partial charge in [-0.1, -0.05) is 39.3 Å². The number of aliphatic hydroxyl groups is 1. The Hall–Kier alpha value is -1.83. The Morgan fingerprint density at radius 3 is 2.41 bits per heavy atom. The second kappa shape index (κ2) is 8.50. The van der Waals surface area contributed by atoms with Crippen molar-refractivity contribution in [1.29, 1.82) is 0 Å². The van der Waals surface area contributed by atoms with Gasteiger partial charge >= 0.3 is 6.03 Å². The van der Waals surface area contributed by atoms with Crippen molar-refractivity contribution in [1.82, 2.24) is 4.72 Å². The monoisotopic (exact) mass is 478 g/mol. The second-order valence-electron chi connectivity index (χ2n) is 9.79. The van der Waals surface area contributed by atoms with Crippen LogP contribution in [0.15, 0.2) is 27.7 Å². The number of halogens is 1. The fraction of sp³-hybridized carbons (Fsp3) is 0.542. The van der Waals surface area contributed by atoms with E-state index in [-0.39, 0.29) is 28.8 Å². The molecule has 174 valence electrons. The van der Waals surface area contributed by atoms with Crippen LogP contribution in [0, 0.1) is 5.92 Å². The van der Waals surface area contributed by atoms with Crippen molar-refractivity contribution in [3.8, 4) is 0 Å². The minimum absolute atomic E-state index is 0.140. The minimum Gasteiger partial charge on any atom is -0.450 e. The summed E-state index contributed by atoms with van der Waals surface area (Å²) in [6.45, 7) is 9.92. The van der Waals surface area contributed by atoms with Crippen LogP contribution >= 0.6 is 11.6 Å². The van der Waals surface area contributed by atoms with Gasteiger partial charge in [0.25, 0.3) is 0 Å². The zero-order valence-electron chi connectivity index (χ0n) is 19.1. The summed E-state index contributed by atoms with van der Waals surface area (Å²) in [5.41, 5.74) is 2.22. The molecule has 0 spiro atoms. The summed E-state index contributed by atoms with van der Waals surface area (Å²) >= 11 is 6.30. The van der Waals surface area contributed by atoms with Gasteiger partial charge in [0, 0.05) is 28.3 Å². The molecule has 4 atom stereocenters. The summed E-state index contributed by atoms with van der Waals surface area (Å²) in [6, 6.07) is 4.75. The molecule has 0 radical (unpaired) electrons. The molecule has 2 bridgehead atoms. The molecule has 1 fully saturated rings. The van der Waals surface area contributed by atoms with Crippen LogP contribution in [-0.2, 0) is 16.6 Å². The number of carbonyl (C=O) groups is 1. The molecule has 2 aliphatic carbocycles. The maximum Gasteiger partial charge on any atom is 0.331 e. The molecule has 1 aromatic carbocycles. The van der Waals surface area contributed by atoms with E-state index in [0.29, 0.717) is 22.0 Å². The van der Waals surface area contributed by atoms with Crippen molar-refractivity contribution in [3.63, 3.8) is 0 Å². The lowest BCUT2D eigenvalue weighted by molar-refractivity contribution is -0.0115. The topological polar surface area (TPSA) is 91.6 Å². The number of fused-ring (bicyclic) bond motifs is 4. The summed E-state index contributed by atoms with van der Waals surface area (Å²) in [5.74, 6) is 1.41. The van der Waals surface area contributed by atoms with Gasteiger partial charge in [-0.15, -0.1) is 0 Å². The van der Waals surface area contributed by atoms with Gasteiger partial charge in [-0.25, -0.2) is 13.7 Å². The molecule has 4 unspecified atom stereocenters. The number of urea groups is 1. The third-order valence-corrected chi connectivity index (χ3v) is 8.05. The molecule has 2 aromatic rings. The quantitative estimate of drug-likeness (QED) is 0.482. The molecule has 1 aromatic heterocycles. The number of hydrogen-bond donors (Lipinski definition) is 3. The van der Waals surface area contributed by atoms with Crippen LogP contribution in [0.3, 0.4) is 0 Å². The first kappa shape index (κ1) is 23.3. The van der Waals surface area contributed by atoms with Crippen molar-refractivity contribution in [3.05, 3.63) is 45.7 Å². The number of nitrogens with one attached hydrogen (secondary N) is 2. The maximum absolute atomic E-state index is 12.9. The molecule has 0 saturated heterocycles. The summed E-state index contributed by atoms with van der Waals surface area (Å²) in [6.07, 6.45) is 2.78. The molecule has 8 heteroatoms. The Bertz CT molecular complexity index is 1050. The van der Waals surface area contributed by atoms with Gasteiger partial charge in [0.05, 0.1) is 5.60 Å². The van der Waals surface area contributed by atoms with Crippen molar-refractivity contribution in [2.75, 3.05) is 5.32 Å². The highest BCUT2D eigenvalue weighted by Gasteiger charge is 2.49. The van der Waals surface area contributed by atoms with Crippen LogP contribution in [0.2, 0.25) is 5.02 Å². The Morgan fingerprint density at radius 1 is 1.19 bits per heavy atom. The number of amides is 2. The van der Waals surface area contributed by atoms with Crippen LogP contribution < -0.4 is 10.0 Å². The SMILES string of the molecule is CC(C)c1cc(Cl)cc(C(C)C)c1NC(=O)NS(=O)c1cc2c(o1)C1CCC(C1)C2(C)O. The first-order valence-corrected chi connectivity index (χ1v) is 12.7. The van der Waals surface area contributed by atoms with Gasteiger partial charge in [-0.05, 0) is 67.2 Å². The van der Waals surface area contributed by atoms with Gasteiger partial charge in [0.15, 0.2) is 11.0 Å². The standard InChI is InChI=1S/C24H31ClN2O4S/c1-12(2)17-9-16(25)10-18(13(3)4)21(17)26-23(28)27-32(30)20-11-19-22(31-20)14-6-7-15(8-14)24(19,5)29/h9-15,29H,6-8H2,1-5H3,(H2,26,27,28). The van der Waals surface area contributed by atoms with Crippen molar-refractivity contribution in [2.45, 2.75) is 82.3 Å². The van der Waals surface area contributed by atoms with Gasteiger partial charge in [-0.2, -0.15) is 0 Å². The highest BCUT2D eigenvalue weighted by molar-refractivity contribution is 7.83. The predicted octanol–water partition coefficient (Wildman–Crippen LogP) is 6.13. The van der Waals surface area contributed by atoms with E-state index in [0.717, 1.165) is 30.4 Å². The van der Waals surface area contributed by atoms with Crippen LogP contribution in [0.1, 0.15) is 94.1 Å². The summed E-state index contributed by atoms with van der Waals surface area (Å²) in [7, 11) is -1.89. The van der Waals surface area contributed by atoms with Crippen molar-refractivity contribution < 1.29 is 18.5 Å². The first-order chi connectivity index (χ1) is 15.0. The molecule has 32 heavy (non-hydrogen) atoms. The average Bonchev–Trinajstić information content (AvgIpc) is 3.34. The summed E-state index contributed by atoms with van der Waals surface area (Å²) in [5, 5.41) is 14.7. The molecule has 1 saturated carbocycles. The molecule has 2 aliphatic rings. The zero-order chi connectivity index (χ0) is 23.4. The van der Waals surface area contributed by atoms with E-state index in [1.165, 1.54) is 0 Å². The van der Waals surface area contributed by atoms with Crippen LogP contribution in [0.25, 0.3) is 0 Å². The smallest absolute Gasteiger partial charge is 0.331 e. The highest BCUT2D eigenvalue weighted by Crippen LogP contribution is 2.54. The zero-order valence-corrected chi connectivity index (χ0v) is 20.7. The molecule has 3 N–H and O–H groups in total. The number of hydrogen-bond acceptors (Lipinski definition) is 4. The Balaban J connectivity index is 1.56. The third kappa shape index (κ3) is 4.11. The second-order valence-corrected chi connectivity index (χ2v) is 11.4. The largest absolute Gasteiger partial charge is 0.450 e. The lowest BCUT2D eigenvalue weighted by atomic mass is 9.76. The number of carbonyl (C=O) groups excluding carboxylic acids is 1. The van der Waals surface area contributed by atoms with Crippen molar-refractivity contribution in [2.24, 2.45) is 5.92 Å². The first-order valence-electron chi connectivity index (χ1n) is 11.2. The molecule has 6 nitrogen and oxygen atoms in total. The van der Waals surface area contributed by atoms with Gasteiger partial charge in [0.2, 0.25) is 5.09 Å². The van der Waals surface area contributed by atoms with E-state index < -0.39 is 22.6 Å². The van der Waals surface area contributed by atoms with Gasteiger partial charge in [0.1, 0.15) is 5.76 Å². The minimum atomic E-state index is -1.89. The van der Waals surface area contributed by atoms with E-state index in [2.05, 4.69) is 10.0 Å².